The third-order valence-electron chi connectivity index (χ3n) is 2.06. The van der Waals surface area contributed by atoms with Crippen molar-refractivity contribution in [3.05, 3.63) is 0 Å². The minimum Gasteiger partial charge on any atom is -0.384 e. The molecule has 3 N–H and O–H groups in total. The largest absolute Gasteiger partial charge is 0.384 e. The zero-order chi connectivity index (χ0) is 8.97. The molecule has 0 aliphatic carbocycles. The second kappa shape index (κ2) is 4.42. The number of carbonyl (C=O) groups excluding carboxylic acids is 1. The van der Waals surface area contributed by atoms with Crippen LogP contribution in [-0.2, 0) is 4.79 Å². The summed E-state index contributed by atoms with van der Waals surface area (Å²) < 4.78 is 0. The topological polar surface area (TPSA) is 61.4 Å². The Bertz CT molecular complexity index is 153. The van der Waals surface area contributed by atoms with Crippen LogP contribution < -0.4 is 10.6 Å². The van der Waals surface area contributed by atoms with Gasteiger partial charge in [-0.15, -0.1) is 0 Å². The first kappa shape index (κ1) is 9.48. The molecular formula is C8H16N2O2. The number of aliphatic hydroxyl groups is 1. The zero-order valence-corrected chi connectivity index (χ0v) is 7.34. The summed E-state index contributed by atoms with van der Waals surface area (Å²) in [6, 6.07) is 0.396. The van der Waals surface area contributed by atoms with Crippen LogP contribution in [0, 0.1) is 0 Å². The van der Waals surface area contributed by atoms with E-state index in [1.165, 1.54) is 13.3 Å². The van der Waals surface area contributed by atoms with Gasteiger partial charge in [0, 0.05) is 12.6 Å². The number of hydrogen-bond acceptors (Lipinski definition) is 3. The van der Waals surface area contributed by atoms with Crippen LogP contribution in [0.25, 0.3) is 0 Å². The first-order valence-corrected chi connectivity index (χ1v) is 4.39. The number of nitrogens with one attached hydrogen (secondary N) is 2. The van der Waals surface area contributed by atoms with Gasteiger partial charge >= 0.3 is 0 Å². The molecule has 1 aliphatic rings. The Balaban J connectivity index is 2.12. The van der Waals surface area contributed by atoms with Gasteiger partial charge in [0.15, 0.2) is 0 Å². The summed E-state index contributed by atoms with van der Waals surface area (Å²) in [5.41, 5.74) is 0. The van der Waals surface area contributed by atoms with Crippen LogP contribution in [0.3, 0.4) is 0 Å². The Kier molecular flexibility index (Phi) is 3.49. The average Bonchev–Trinajstić information content (AvgIpc) is 2.51. The molecule has 1 saturated heterocycles. The van der Waals surface area contributed by atoms with E-state index in [1.54, 1.807) is 0 Å². The minimum atomic E-state index is -0.897. The maximum absolute atomic E-state index is 10.9. The Morgan fingerprint density at radius 2 is 2.58 bits per heavy atom. The lowest BCUT2D eigenvalue weighted by Gasteiger charge is -2.12. The highest BCUT2D eigenvalue weighted by atomic mass is 16.3. The second-order valence-electron chi connectivity index (χ2n) is 3.21. The Hall–Kier alpha value is -0.610. The second-order valence-corrected chi connectivity index (χ2v) is 3.21. The summed E-state index contributed by atoms with van der Waals surface area (Å²) in [7, 11) is 0. The van der Waals surface area contributed by atoms with Crippen molar-refractivity contribution in [2.45, 2.75) is 31.9 Å². The quantitative estimate of drug-likeness (QED) is 0.524. The highest BCUT2D eigenvalue weighted by Crippen LogP contribution is 2.02. The first-order chi connectivity index (χ1) is 5.70. The molecule has 4 nitrogen and oxygen atoms in total. The fourth-order valence-corrected chi connectivity index (χ4v) is 1.30. The Labute approximate surface area is 72.3 Å². The van der Waals surface area contributed by atoms with Gasteiger partial charge in [0.1, 0.15) is 6.10 Å². The Morgan fingerprint density at radius 1 is 1.83 bits per heavy atom. The van der Waals surface area contributed by atoms with Crippen LogP contribution in [0.5, 0.6) is 0 Å². The van der Waals surface area contributed by atoms with Crippen molar-refractivity contribution >= 4 is 5.91 Å². The molecule has 0 unspecified atom stereocenters. The van der Waals surface area contributed by atoms with Crippen molar-refractivity contribution < 1.29 is 9.90 Å². The summed E-state index contributed by atoms with van der Waals surface area (Å²) in [5, 5.41) is 14.8. The SMILES string of the molecule is C[C@H](O)C(=O)NC[C@H]1CCCN1. The van der Waals surface area contributed by atoms with E-state index in [-0.39, 0.29) is 5.91 Å². The fourth-order valence-electron chi connectivity index (χ4n) is 1.30. The number of hydrogen-bond donors (Lipinski definition) is 3. The van der Waals surface area contributed by atoms with Gasteiger partial charge in [0.25, 0.3) is 0 Å². The lowest BCUT2D eigenvalue weighted by atomic mass is 10.2. The van der Waals surface area contributed by atoms with Crippen molar-refractivity contribution in [3.63, 3.8) is 0 Å². The van der Waals surface area contributed by atoms with E-state index in [0.29, 0.717) is 12.6 Å². The first-order valence-electron chi connectivity index (χ1n) is 4.39. The molecule has 0 aromatic rings. The maximum Gasteiger partial charge on any atom is 0.248 e. The molecule has 1 amide bonds. The molecule has 0 radical (unpaired) electrons. The fraction of sp³-hybridized carbons (Fsp3) is 0.875. The maximum atomic E-state index is 10.9. The van der Waals surface area contributed by atoms with Crippen molar-refractivity contribution in [1.29, 1.82) is 0 Å². The van der Waals surface area contributed by atoms with Crippen molar-refractivity contribution in [3.8, 4) is 0 Å². The summed E-state index contributed by atoms with van der Waals surface area (Å²) in [6.07, 6.45) is 1.39. The number of rotatable bonds is 3. The standard InChI is InChI=1S/C8H16N2O2/c1-6(11)8(12)10-5-7-3-2-4-9-7/h6-7,9,11H,2-5H2,1H3,(H,10,12)/t6-,7+/m0/s1. The van der Waals surface area contributed by atoms with Crippen LogP contribution in [-0.4, -0.2) is 36.2 Å². The molecule has 12 heavy (non-hydrogen) atoms. The van der Waals surface area contributed by atoms with E-state index in [4.69, 9.17) is 5.11 Å². The molecule has 0 spiro atoms. The van der Waals surface area contributed by atoms with Gasteiger partial charge in [-0.2, -0.15) is 0 Å². The monoisotopic (exact) mass is 172 g/mol. The van der Waals surface area contributed by atoms with E-state index in [2.05, 4.69) is 10.6 Å². The number of amides is 1. The summed E-state index contributed by atoms with van der Waals surface area (Å²) in [4.78, 5) is 10.9. The third kappa shape index (κ3) is 2.79. The molecule has 0 bridgehead atoms. The van der Waals surface area contributed by atoms with Gasteiger partial charge in [0.05, 0.1) is 0 Å². The summed E-state index contributed by atoms with van der Waals surface area (Å²) >= 11 is 0. The van der Waals surface area contributed by atoms with Crippen LogP contribution in [0.1, 0.15) is 19.8 Å². The molecule has 1 aliphatic heterocycles. The highest BCUT2D eigenvalue weighted by Gasteiger charge is 2.15. The van der Waals surface area contributed by atoms with Gasteiger partial charge in [-0.05, 0) is 26.3 Å². The highest BCUT2D eigenvalue weighted by molar-refractivity contribution is 5.79. The lowest BCUT2D eigenvalue weighted by Crippen LogP contribution is -2.40. The molecule has 0 saturated carbocycles. The van der Waals surface area contributed by atoms with E-state index in [1.807, 2.05) is 0 Å². The average molecular weight is 172 g/mol. The van der Waals surface area contributed by atoms with Crippen molar-refractivity contribution in [2.24, 2.45) is 0 Å². The van der Waals surface area contributed by atoms with E-state index in [0.717, 1.165) is 13.0 Å². The third-order valence-corrected chi connectivity index (χ3v) is 2.06. The van der Waals surface area contributed by atoms with Gasteiger partial charge < -0.3 is 15.7 Å². The van der Waals surface area contributed by atoms with Crippen LogP contribution >= 0.6 is 0 Å². The predicted octanol–water partition coefficient (Wildman–Crippen LogP) is -0.765. The molecular weight excluding hydrogens is 156 g/mol. The number of aliphatic hydroxyl groups excluding tert-OH is 1. The van der Waals surface area contributed by atoms with Crippen LogP contribution in [0.15, 0.2) is 0 Å². The molecule has 70 valence electrons. The van der Waals surface area contributed by atoms with Crippen molar-refractivity contribution in [1.82, 2.24) is 10.6 Å². The predicted molar refractivity (Wildman–Crippen MR) is 45.7 cm³/mol. The molecule has 1 rings (SSSR count). The smallest absolute Gasteiger partial charge is 0.248 e. The van der Waals surface area contributed by atoms with E-state index in [9.17, 15) is 4.79 Å². The molecule has 2 atom stereocenters. The molecule has 0 aromatic heterocycles. The normalized spacial score (nSPS) is 25.3. The lowest BCUT2D eigenvalue weighted by molar-refractivity contribution is -0.128. The molecule has 4 heteroatoms. The van der Waals surface area contributed by atoms with Crippen LogP contribution in [0.2, 0.25) is 0 Å². The summed E-state index contributed by atoms with van der Waals surface area (Å²) in [6.45, 7) is 3.14. The Morgan fingerprint density at radius 3 is 3.08 bits per heavy atom. The molecule has 1 fully saturated rings. The van der Waals surface area contributed by atoms with Gasteiger partial charge in [-0.1, -0.05) is 0 Å². The summed E-state index contributed by atoms with van der Waals surface area (Å²) in [5.74, 6) is -0.288. The van der Waals surface area contributed by atoms with Crippen LogP contribution in [0.4, 0.5) is 0 Å². The van der Waals surface area contributed by atoms with E-state index >= 15 is 0 Å². The zero-order valence-electron chi connectivity index (χ0n) is 7.34. The molecule has 0 aromatic carbocycles. The van der Waals surface area contributed by atoms with Crippen molar-refractivity contribution in [2.75, 3.05) is 13.1 Å². The van der Waals surface area contributed by atoms with Gasteiger partial charge in [0.2, 0.25) is 5.91 Å². The minimum absolute atomic E-state index is 0.288. The van der Waals surface area contributed by atoms with E-state index < -0.39 is 6.10 Å². The number of carbonyl (C=O) groups is 1. The van der Waals surface area contributed by atoms with Gasteiger partial charge in [-0.3, -0.25) is 4.79 Å². The van der Waals surface area contributed by atoms with Gasteiger partial charge in [-0.25, -0.2) is 0 Å². The molecule has 1 heterocycles.